The van der Waals surface area contributed by atoms with Gasteiger partial charge in [-0.05, 0) is 48.5 Å². The molecule has 0 spiro atoms. The molecule has 0 aliphatic carbocycles. The van der Waals surface area contributed by atoms with E-state index >= 15 is 0 Å². The highest BCUT2D eigenvalue weighted by molar-refractivity contribution is 9.10. The molecule has 4 rings (SSSR count). The van der Waals surface area contributed by atoms with Crippen LogP contribution in [0.4, 0.5) is 5.69 Å². The molecule has 0 bridgehead atoms. The predicted molar refractivity (Wildman–Crippen MR) is 123 cm³/mol. The summed E-state index contributed by atoms with van der Waals surface area (Å²) in [6, 6.07) is 20.3. The van der Waals surface area contributed by atoms with Gasteiger partial charge in [-0.3, -0.25) is 10.5 Å². The first-order chi connectivity index (χ1) is 14.9. The van der Waals surface area contributed by atoms with Gasteiger partial charge in [-0.1, -0.05) is 34.1 Å². The van der Waals surface area contributed by atoms with Crippen LogP contribution < -0.4 is 24.8 Å². The summed E-state index contributed by atoms with van der Waals surface area (Å²) >= 11 is 3.43. The second kappa shape index (κ2) is 8.61. The Kier molecular flexibility index (Phi) is 5.89. The van der Waals surface area contributed by atoms with Crippen molar-refractivity contribution in [3.8, 4) is 17.2 Å². The van der Waals surface area contributed by atoms with Crippen molar-refractivity contribution >= 4 is 27.5 Å². The number of hydrogen-bond donors (Lipinski definition) is 1. The van der Waals surface area contributed by atoms with E-state index in [1.54, 1.807) is 37.3 Å². The fourth-order valence-corrected chi connectivity index (χ4v) is 4.02. The number of hydrogen-bond acceptors (Lipinski definition) is 5. The second-order valence-electron chi connectivity index (χ2n) is 7.24. The number of fused-ring (bicyclic) bond motifs is 1. The number of rotatable bonds is 5. The Morgan fingerprint density at radius 1 is 1.00 bits per heavy atom. The molecule has 160 valence electrons. The van der Waals surface area contributed by atoms with Crippen molar-refractivity contribution in [3.63, 3.8) is 0 Å². The number of nitrogens with zero attached hydrogens (tertiary/aromatic N) is 1. The molecular weight excluding hydrogens is 460 g/mol. The van der Waals surface area contributed by atoms with Gasteiger partial charge in [-0.2, -0.15) is 0 Å². The molecule has 0 saturated carbocycles. The molecule has 1 aliphatic heterocycles. The Hall–Kier alpha value is -3.03. The summed E-state index contributed by atoms with van der Waals surface area (Å²) in [5.41, 5.74) is 7.67. The molecule has 3 aromatic carbocycles. The third kappa shape index (κ3) is 4.11. The van der Waals surface area contributed by atoms with Crippen molar-refractivity contribution < 1.29 is 19.0 Å². The van der Waals surface area contributed by atoms with Gasteiger partial charge in [0.25, 0.3) is 5.91 Å². The summed E-state index contributed by atoms with van der Waals surface area (Å²) in [7, 11) is 3.11. The van der Waals surface area contributed by atoms with Gasteiger partial charge in [0.05, 0.1) is 19.9 Å². The molecule has 3 aromatic rings. The molecule has 1 unspecified atom stereocenters. The van der Waals surface area contributed by atoms with Crippen LogP contribution >= 0.6 is 15.9 Å². The average molecular weight is 483 g/mol. The first-order valence-electron chi connectivity index (χ1n) is 9.82. The maximum absolute atomic E-state index is 13.4. The zero-order chi connectivity index (χ0) is 22.0. The van der Waals surface area contributed by atoms with Crippen molar-refractivity contribution in [1.82, 2.24) is 0 Å². The van der Waals surface area contributed by atoms with Crippen LogP contribution in [0.15, 0.2) is 71.2 Å². The summed E-state index contributed by atoms with van der Waals surface area (Å²) in [6.45, 7) is 0.414. The van der Waals surface area contributed by atoms with Crippen molar-refractivity contribution in [2.75, 3.05) is 25.7 Å². The second-order valence-corrected chi connectivity index (χ2v) is 8.15. The lowest BCUT2D eigenvalue weighted by Gasteiger charge is -2.40. The number of halogens is 1. The van der Waals surface area contributed by atoms with E-state index in [4.69, 9.17) is 19.9 Å². The quantitative estimate of drug-likeness (QED) is 0.533. The third-order valence-corrected chi connectivity index (χ3v) is 5.88. The van der Waals surface area contributed by atoms with E-state index in [1.807, 2.05) is 48.5 Å². The fraction of sp³-hybridized carbons (Fsp3) is 0.208. The number of carbonyl (C=O) groups is 1. The van der Waals surface area contributed by atoms with Gasteiger partial charge in [0.15, 0.2) is 17.2 Å². The zero-order valence-electron chi connectivity index (χ0n) is 17.3. The average Bonchev–Trinajstić information content (AvgIpc) is 2.80. The molecule has 31 heavy (non-hydrogen) atoms. The minimum Gasteiger partial charge on any atom is -0.493 e. The monoisotopic (exact) mass is 482 g/mol. The molecule has 1 atom stereocenters. The summed E-state index contributed by atoms with van der Waals surface area (Å²) < 4.78 is 17.8. The summed E-state index contributed by atoms with van der Waals surface area (Å²) in [6.07, 6.45) is 0.444. The molecule has 0 aromatic heterocycles. The van der Waals surface area contributed by atoms with Crippen LogP contribution in [0.1, 0.15) is 22.3 Å². The Bertz CT molecular complexity index is 1100. The number of benzene rings is 3. The van der Waals surface area contributed by atoms with Gasteiger partial charge in [-0.25, -0.2) is 0 Å². The van der Waals surface area contributed by atoms with Crippen LogP contribution in [0.5, 0.6) is 17.2 Å². The third-order valence-electron chi connectivity index (χ3n) is 5.35. The van der Waals surface area contributed by atoms with Crippen LogP contribution in [0.25, 0.3) is 0 Å². The highest BCUT2D eigenvalue weighted by Gasteiger charge is 2.40. The standard InChI is InChI=1S/C24H23BrN2O4/c1-29-21-12-7-16(15-22(21)30-2)23(28)27-14-13-24(26,19-5-3-4-6-20(19)27)31-18-10-8-17(25)9-11-18/h3-12,15H,13-14,26H2,1-2H3. The highest BCUT2D eigenvalue weighted by Crippen LogP contribution is 2.39. The molecule has 0 radical (unpaired) electrons. The summed E-state index contributed by atoms with van der Waals surface area (Å²) in [4.78, 5) is 15.1. The fourth-order valence-electron chi connectivity index (χ4n) is 3.75. The summed E-state index contributed by atoms with van der Waals surface area (Å²) in [5.74, 6) is 1.60. The van der Waals surface area contributed by atoms with E-state index in [1.165, 1.54) is 0 Å². The van der Waals surface area contributed by atoms with Crippen LogP contribution in [0, 0.1) is 0 Å². The van der Waals surface area contributed by atoms with Gasteiger partial charge < -0.3 is 19.1 Å². The van der Waals surface area contributed by atoms with Gasteiger partial charge in [0.1, 0.15) is 5.75 Å². The van der Waals surface area contributed by atoms with Crippen molar-refractivity contribution in [3.05, 3.63) is 82.3 Å². The van der Waals surface area contributed by atoms with Crippen molar-refractivity contribution in [2.24, 2.45) is 5.73 Å². The van der Waals surface area contributed by atoms with E-state index in [0.717, 1.165) is 15.7 Å². The SMILES string of the molecule is COc1ccc(C(=O)N2CCC(N)(Oc3ccc(Br)cc3)c3ccccc32)cc1OC. The first kappa shape index (κ1) is 21.2. The molecule has 1 aliphatic rings. The topological polar surface area (TPSA) is 74.0 Å². The van der Waals surface area contributed by atoms with Gasteiger partial charge >= 0.3 is 0 Å². The minimum atomic E-state index is -1.04. The van der Waals surface area contributed by atoms with Crippen LogP contribution in [0.2, 0.25) is 0 Å². The Morgan fingerprint density at radius 2 is 1.71 bits per heavy atom. The molecule has 1 amide bonds. The molecule has 0 saturated heterocycles. The van der Waals surface area contributed by atoms with Crippen LogP contribution in [-0.2, 0) is 5.72 Å². The van der Waals surface area contributed by atoms with E-state index in [9.17, 15) is 4.79 Å². The minimum absolute atomic E-state index is 0.140. The lowest BCUT2D eigenvalue weighted by Crippen LogP contribution is -2.51. The van der Waals surface area contributed by atoms with Crippen molar-refractivity contribution in [2.45, 2.75) is 12.1 Å². The number of methoxy groups -OCH3 is 2. The lowest BCUT2D eigenvalue weighted by atomic mass is 9.92. The molecule has 0 fully saturated rings. The zero-order valence-corrected chi connectivity index (χ0v) is 18.9. The number of nitrogens with two attached hydrogens (primary N) is 1. The highest BCUT2D eigenvalue weighted by atomic mass is 79.9. The Labute approximate surface area is 189 Å². The number of anilines is 1. The Balaban J connectivity index is 1.67. The predicted octanol–water partition coefficient (Wildman–Crippen LogP) is 4.71. The normalized spacial score (nSPS) is 17.6. The van der Waals surface area contributed by atoms with Gasteiger partial charge in [-0.15, -0.1) is 0 Å². The van der Waals surface area contributed by atoms with E-state index in [-0.39, 0.29) is 5.91 Å². The van der Waals surface area contributed by atoms with E-state index in [2.05, 4.69) is 15.9 Å². The number of ether oxygens (including phenoxy) is 3. The number of para-hydroxylation sites is 1. The van der Waals surface area contributed by atoms with Crippen LogP contribution in [-0.4, -0.2) is 26.7 Å². The molecule has 2 N–H and O–H groups in total. The van der Waals surface area contributed by atoms with E-state index in [0.29, 0.717) is 35.8 Å². The smallest absolute Gasteiger partial charge is 0.258 e. The number of amides is 1. The van der Waals surface area contributed by atoms with Gasteiger partial charge in [0.2, 0.25) is 0 Å². The molecule has 6 nitrogen and oxygen atoms in total. The Morgan fingerprint density at radius 3 is 2.42 bits per heavy atom. The van der Waals surface area contributed by atoms with Crippen LogP contribution in [0.3, 0.4) is 0 Å². The largest absolute Gasteiger partial charge is 0.493 e. The molecule has 1 heterocycles. The molecular formula is C24H23BrN2O4. The van der Waals surface area contributed by atoms with E-state index < -0.39 is 5.72 Å². The number of carbonyl (C=O) groups excluding carboxylic acids is 1. The first-order valence-corrected chi connectivity index (χ1v) is 10.6. The maximum Gasteiger partial charge on any atom is 0.258 e. The van der Waals surface area contributed by atoms with Crippen molar-refractivity contribution in [1.29, 1.82) is 0 Å². The molecule has 7 heteroatoms. The summed E-state index contributed by atoms with van der Waals surface area (Å²) in [5, 5.41) is 0. The maximum atomic E-state index is 13.4. The lowest BCUT2D eigenvalue weighted by molar-refractivity contribution is 0.0596. The van der Waals surface area contributed by atoms with Gasteiger partial charge in [0, 0.05) is 28.6 Å².